The zero-order valence-corrected chi connectivity index (χ0v) is 19.7. The van der Waals surface area contributed by atoms with Crippen molar-refractivity contribution in [3.05, 3.63) is 83.2 Å². The first-order valence-corrected chi connectivity index (χ1v) is 11.1. The molecule has 190 valence electrons. The third-order valence-electron chi connectivity index (χ3n) is 5.54. The number of hydrogen-bond acceptors (Lipinski definition) is 11. The summed E-state index contributed by atoms with van der Waals surface area (Å²) in [6.07, 6.45) is -3.91. The first-order valence-electron chi connectivity index (χ1n) is 11.1. The number of esters is 3. The van der Waals surface area contributed by atoms with Crippen LogP contribution in [0.3, 0.4) is 0 Å². The normalized spacial score (nSPS) is 21.6. The van der Waals surface area contributed by atoms with E-state index in [1.54, 1.807) is 67.6 Å². The van der Waals surface area contributed by atoms with E-state index < -0.39 is 53.8 Å². The molecule has 4 N–H and O–H groups in total. The highest BCUT2D eigenvalue weighted by Crippen LogP contribution is 2.32. The number of aldehydes is 1. The Bertz CT molecular complexity index is 1120. The number of benzene rings is 2. The molecule has 0 bridgehead atoms. The van der Waals surface area contributed by atoms with Gasteiger partial charge in [0.05, 0.1) is 18.2 Å². The number of hydrogen-bond donors (Lipinski definition) is 2. The maximum absolute atomic E-state index is 12.9. The van der Waals surface area contributed by atoms with Crippen LogP contribution in [-0.4, -0.2) is 60.9 Å². The first kappa shape index (κ1) is 26.4. The lowest BCUT2D eigenvalue weighted by Gasteiger charge is -2.30. The van der Waals surface area contributed by atoms with Crippen LogP contribution < -0.4 is 11.6 Å². The molecule has 1 heterocycles. The van der Waals surface area contributed by atoms with Gasteiger partial charge in [-0.15, -0.1) is 0 Å². The van der Waals surface area contributed by atoms with Crippen LogP contribution in [-0.2, 0) is 28.5 Å². The summed E-state index contributed by atoms with van der Waals surface area (Å²) in [7, 11) is 1.08. The van der Waals surface area contributed by atoms with E-state index in [-0.39, 0.29) is 17.4 Å². The molecule has 4 atom stereocenters. The van der Waals surface area contributed by atoms with Gasteiger partial charge in [-0.25, -0.2) is 20.2 Å². The summed E-state index contributed by atoms with van der Waals surface area (Å²) in [5.41, 5.74) is 5.22. The van der Waals surface area contributed by atoms with Gasteiger partial charge in [0.1, 0.15) is 17.5 Å². The van der Waals surface area contributed by atoms with Gasteiger partial charge in [0.2, 0.25) is 0 Å². The predicted octanol–water partition coefficient (Wildman–Crippen LogP) is 1.29. The van der Waals surface area contributed by atoms with E-state index in [1.165, 1.54) is 0 Å². The molecular formula is C25H27N3O8. The summed E-state index contributed by atoms with van der Waals surface area (Å²) in [6, 6.07) is 16.4. The van der Waals surface area contributed by atoms with Gasteiger partial charge < -0.3 is 24.7 Å². The molecule has 1 aliphatic heterocycles. The summed E-state index contributed by atoms with van der Waals surface area (Å²) in [5, 5.41) is 0.765. The maximum atomic E-state index is 12.9. The zero-order chi connectivity index (χ0) is 26.2. The average molecular weight is 498 g/mol. The quantitative estimate of drug-likeness (QED) is 0.128. The number of hydrazine groups is 1. The predicted molar refractivity (Wildman–Crippen MR) is 126 cm³/mol. The minimum Gasteiger partial charge on any atom is -0.464 e. The molecule has 0 aliphatic carbocycles. The number of allylic oxidation sites excluding steroid dienone is 1. The van der Waals surface area contributed by atoms with Crippen LogP contribution in [0, 0.1) is 0 Å². The Labute approximate surface area is 207 Å². The third-order valence-corrected chi connectivity index (χ3v) is 5.54. The molecule has 0 radical (unpaired) electrons. The SMILES string of the molecule is CCC1OC(N(N)/C(C=O)=C(\N)C(=O)OC)C(OC(=O)c2ccccc2)C1OC(=O)c1ccccc1. The van der Waals surface area contributed by atoms with Crippen molar-refractivity contribution in [1.29, 1.82) is 0 Å². The van der Waals surface area contributed by atoms with E-state index in [4.69, 9.17) is 25.8 Å². The van der Waals surface area contributed by atoms with Crippen LogP contribution in [0.25, 0.3) is 0 Å². The van der Waals surface area contributed by atoms with Gasteiger partial charge in [0.25, 0.3) is 0 Å². The molecular weight excluding hydrogens is 470 g/mol. The van der Waals surface area contributed by atoms with Crippen molar-refractivity contribution >= 4 is 24.2 Å². The van der Waals surface area contributed by atoms with Gasteiger partial charge >= 0.3 is 17.9 Å². The lowest BCUT2D eigenvalue weighted by atomic mass is 10.1. The second kappa shape index (κ2) is 12.0. The van der Waals surface area contributed by atoms with Crippen LogP contribution in [0.2, 0.25) is 0 Å². The standard InChI is InChI=1S/C25H27N3O8/c1-3-18-20(35-23(30)15-10-6-4-7-11-15)21(36-24(31)16-12-8-5-9-13-16)22(34-18)28(27)17(14-29)19(26)25(32)33-2/h4-14,18,20-22H,3,26-27H2,1-2H3/b19-17-. The van der Waals surface area contributed by atoms with E-state index in [1.807, 2.05) is 0 Å². The second-order valence-corrected chi connectivity index (χ2v) is 7.76. The van der Waals surface area contributed by atoms with Crippen LogP contribution in [0.15, 0.2) is 72.1 Å². The fourth-order valence-corrected chi connectivity index (χ4v) is 3.68. The molecule has 1 fully saturated rings. The smallest absolute Gasteiger partial charge is 0.356 e. The summed E-state index contributed by atoms with van der Waals surface area (Å²) >= 11 is 0. The summed E-state index contributed by atoms with van der Waals surface area (Å²) < 4.78 is 22.0. The molecule has 2 aromatic rings. The summed E-state index contributed by atoms with van der Waals surface area (Å²) in [5.74, 6) is 3.74. The molecule has 11 heteroatoms. The van der Waals surface area contributed by atoms with Crippen molar-refractivity contribution in [2.24, 2.45) is 11.6 Å². The van der Waals surface area contributed by atoms with E-state index in [0.717, 1.165) is 12.1 Å². The molecule has 4 unspecified atom stereocenters. The molecule has 3 rings (SSSR count). The molecule has 1 saturated heterocycles. The Morgan fingerprint density at radius 2 is 1.44 bits per heavy atom. The highest BCUT2D eigenvalue weighted by molar-refractivity contribution is 5.94. The Hall–Kier alpha value is -4.22. The van der Waals surface area contributed by atoms with Crippen LogP contribution in [0.5, 0.6) is 0 Å². The van der Waals surface area contributed by atoms with Crippen molar-refractivity contribution in [3.63, 3.8) is 0 Å². The van der Waals surface area contributed by atoms with Crippen molar-refractivity contribution in [3.8, 4) is 0 Å². The zero-order valence-electron chi connectivity index (χ0n) is 19.7. The van der Waals surface area contributed by atoms with Crippen molar-refractivity contribution < 1.29 is 38.1 Å². The van der Waals surface area contributed by atoms with E-state index in [2.05, 4.69) is 4.74 Å². The summed E-state index contributed by atoms with van der Waals surface area (Å²) in [4.78, 5) is 49.5. The highest BCUT2D eigenvalue weighted by atomic mass is 16.6. The number of ether oxygens (including phenoxy) is 4. The topological polar surface area (TPSA) is 160 Å². The summed E-state index contributed by atoms with van der Waals surface area (Å²) in [6.45, 7) is 1.77. The van der Waals surface area contributed by atoms with Crippen molar-refractivity contribution in [2.75, 3.05) is 7.11 Å². The average Bonchev–Trinajstić information content (AvgIpc) is 3.25. The fourth-order valence-electron chi connectivity index (χ4n) is 3.68. The molecule has 0 saturated carbocycles. The monoisotopic (exact) mass is 497 g/mol. The lowest BCUT2D eigenvalue weighted by molar-refractivity contribution is -0.137. The van der Waals surface area contributed by atoms with Gasteiger partial charge in [-0.2, -0.15) is 0 Å². The number of rotatable bonds is 9. The molecule has 11 nitrogen and oxygen atoms in total. The van der Waals surface area contributed by atoms with Crippen LogP contribution in [0.4, 0.5) is 0 Å². The van der Waals surface area contributed by atoms with Crippen LogP contribution >= 0.6 is 0 Å². The third kappa shape index (κ3) is 5.70. The molecule has 1 aliphatic rings. The van der Waals surface area contributed by atoms with E-state index in [9.17, 15) is 19.2 Å². The number of carbonyl (C=O) groups excluding carboxylic acids is 4. The minimum absolute atomic E-state index is 0.230. The molecule has 0 amide bonds. The molecule has 0 spiro atoms. The fraction of sp³-hybridized carbons (Fsp3) is 0.280. The van der Waals surface area contributed by atoms with Gasteiger partial charge in [0, 0.05) is 0 Å². The largest absolute Gasteiger partial charge is 0.464 e. The first-order chi connectivity index (χ1) is 17.3. The Kier molecular flexibility index (Phi) is 8.76. The Morgan fingerprint density at radius 1 is 0.944 bits per heavy atom. The van der Waals surface area contributed by atoms with Crippen molar-refractivity contribution in [1.82, 2.24) is 5.01 Å². The number of methoxy groups -OCH3 is 1. The van der Waals surface area contributed by atoms with Gasteiger partial charge in [-0.05, 0) is 30.7 Å². The lowest BCUT2D eigenvalue weighted by Crippen LogP contribution is -2.51. The van der Waals surface area contributed by atoms with Crippen LogP contribution in [0.1, 0.15) is 34.1 Å². The maximum Gasteiger partial charge on any atom is 0.356 e. The molecule has 0 aromatic heterocycles. The minimum atomic E-state index is -1.33. The Balaban J connectivity index is 1.99. The number of nitrogens with zero attached hydrogens (tertiary/aromatic N) is 1. The number of carbonyl (C=O) groups is 4. The highest BCUT2D eigenvalue weighted by Gasteiger charge is 2.51. The number of nitrogens with two attached hydrogens (primary N) is 2. The van der Waals surface area contributed by atoms with Gasteiger partial charge in [-0.1, -0.05) is 43.3 Å². The van der Waals surface area contributed by atoms with E-state index >= 15 is 0 Å². The van der Waals surface area contributed by atoms with Crippen molar-refractivity contribution in [2.45, 2.75) is 37.9 Å². The second-order valence-electron chi connectivity index (χ2n) is 7.76. The molecule has 36 heavy (non-hydrogen) atoms. The molecule has 2 aromatic carbocycles. The van der Waals surface area contributed by atoms with Gasteiger partial charge in [0.15, 0.2) is 24.7 Å². The van der Waals surface area contributed by atoms with E-state index in [0.29, 0.717) is 6.42 Å². The Morgan fingerprint density at radius 3 is 1.89 bits per heavy atom. The van der Waals surface area contributed by atoms with Gasteiger partial charge in [-0.3, -0.25) is 9.80 Å².